The summed E-state index contributed by atoms with van der Waals surface area (Å²) in [4.78, 5) is 31.8. The number of nitrogens with two attached hydrogens (primary N) is 1. The highest BCUT2D eigenvalue weighted by atomic mass is 19.1. The van der Waals surface area contributed by atoms with Gasteiger partial charge in [0.1, 0.15) is 11.4 Å². The number of rotatable bonds is 2. The number of hydrogen-bond acceptors (Lipinski definition) is 4. The Morgan fingerprint density at radius 2 is 1.97 bits per heavy atom. The van der Waals surface area contributed by atoms with Crippen LogP contribution in [0, 0.1) is 25.6 Å². The smallest absolute Gasteiger partial charge is 0.410 e. The number of piperidine rings is 1. The Balaban J connectivity index is 1.72. The van der Waals surface area contributed by atoms with Gasteiger partial charge in [-0.2, -0.15) is 0 Å². The summed E-state index contributed by atoms with van der Waals surface area (Å²) in [6.07, 6.45) is 1.57. The van der Waals surface area contributed by atoms with Gasteiger partial charge in [-0.3, -0.25) is 4.79 Å². The number of anilines is 1. The molecule has 2 fully saturated rings. The van der Waals surface area contributed by atoms with Crippen LogP contribution in [0.1, 0.15) is 55.2 Å². The number of benzene rings is 1. The van der Waals surface area contributed by atoms with Crippen LogP contribution in [0.4, 0.5) is 14.9 Å². The van der Waals surface area contributed by atoms with Crippen LogP contribution < -0.4 is 10.6 Å². The van der Waals surface area contributed by atoms with Crippen molar-refractivity contribution in [2.45, 2.75) is 59.1 Å². The summed E-state index contributed by atoms with van der Waals surface area (Å²) in [6.45, 7) is 11.2. The number of likely N-dealkylation sites (tertiary alicyclic amines) is 1. The normalized spacial score (nSPS) is 21.5. The maximum Gasteiger partial charge on any atom is 0.410 e. The van der Waals surface area contributed by atoms with Crippen LogP contribution in [0.25, 0.3) is 10.9 Å². The van der Waals surface area contributed by atoms with E-state index in [-0.39, 0.29) is 23.6 Å². The maximum atomic E-state index is 15.4. The van der Waals surface area contributed by atoms with Crippen molar-refractivity contribution in [3.8, 4) is 0 Å². The molecule has 0 spiro atoms. The number of aromatic amines is 1. The van der Waals surface area contributed by atoms with Gasteiger partial charge in [0.15, 0.2) is 0 Å². The zero-order chi connectivity index (χ0) is 22.7. The highest BCUT2D eigenvalue weighted by molar-refractivity contribution is 6.10. The van der Waals surface area contributed by atoms with Crippen molar-refractivity contribution in [2.75, 3.05) is 24.5 Å². The van der Waals surface area contributed by atoms with Crippen LogP contribution >= 0.6 is 0 Å². The molecule has 8 heteroatoms. The van der Waals surface area contributed by atoms with Crippen LogP contribution in [0.2, 0.25) is 0 Å². The molecule has 1 aromatic carbocycles. The number of primary amides is 1. The fourth-order valence-electron chi connectivity index (χ4n) is 5.02. The predicted octanol–water partition coefficient (Wildman–Crippen LogP) is 3.86. The van der Waals surface area contributed by atoms with Gasteiger partial charge < -0.3 is 25.3 Å². The van der Waals surface area contributed by atoms with E-state index >= 15 is 4.39 Å². The minimum atomic E-state index is -0.664. The predicted molar refractivity (Wildman–Crippen MR) is 118 cm³/mol. The number of carbonyl (C=O) groups is 2. The Morgan fingerprint density at radius 3 is 2.61 bits per heavy atom. The minimum Gasteiger partial charge on any atom is -0.444 e. The Morgan fingerprint density at radius 1 is 1.26 bits per heavy atom. The first-order valence-electron chi connectivity index (χ1n) is 10.8. The Kier molecular flexibility index (Phi) is 5.14. The summed E-state index contributed by atoms with van der Waals surface area (Å²) in [7, 11) is 0. The first-order valence-corrected chi connectivity index (χ1v) is 10.8. The number of hydrogen-bond donors (Lipinski definition) is 2. The lowest BCUT2D eigenvalue weighted by Crippen LogP contribution is -2.50. The van der Waals surface area contributed by atoms with Crippen molar-refractivity contribution >= 4 is 28.6 Å². The first kappa shape index (κ1) is 21.5. The minimum absolute atomic E-state index is 0.0331. The van der Waals surface area contributed by atoms with E-state index in [1.54, 1.807) is 0 Å². The average molecular weight is 431 g/mol. The fourth-order valence-corrected chi connectivity index (χ4v) is 5.02. The topological polar surface area (TPSA) is 91.7 Å². The Labute approximate surface area is 181 Å². The highest BCUT2D eigenvalue weighted by Gasteiger charge is 2.43. The highest BCUT2D eigenvalue weighted by Crippen LogP contribution is 2.41. The summed E-state index contributed by atoms with van der Waals surface area (Å²) < 4.78 is 21.0. The van der Waals surface area contributed by atoms with E-state index < -0.39 is 17.3 Å². The van der Waals surface area contributed by atoms with Crippen molar-refractivity contribution in [1.82, 2.24) is 9.88 Å². The number of ether oxygens (including phenoxy) is 1. The van der Waals surface area contributed by atoms with E-state index in [4.69, 9.17) is 10.5 Å². The summed E-state index contributed by atoms with van der Waals surface area (Å²) >= 11 is 0. The lowest BCUT2D eigenvalue weighted by atomic mass is 9.92. The first-order chi connectivity index (χ1) is 14.5. The summed E-state index contributed by atoms with van der Waals surface area (Å²) in [5, 5.41) is 0.689. The van der Waals surface area contributed by atoms with E-state index in [0.29, 0.717) is 36.2 Å². The second kappa shape index (κ2) is 7.43. The fraction of sp³-hybridized carbons (Fsp3) is 0.565. The Hall–Kier alpha value is -2.77. The molecule has 0 aliphatic carbocycles. The van der Waals surface area contributed by atoms with Gasteiger partial charge in [-0.05, 0) is 65.0 Å². The summed E-state index contributed by atoms with van der Waals surface area (Å²) in [5.74, 6) is -0.888. The lowest BCUT2D eigenvalue weighted by molar-refractivity contribution is 0.00669. The number of aromatic nitrogens is 1. The van der Waals surface area contributed by atoms with Gasteiger partial charge in [0.05, 0.1) is 22.8 Å². The van der Waals surface area contributed by atoms with Crippen molar-refractivity contribution < 1.29 is 18.7 Å². The number of halogens is 1. The molecule has 2 aromatic rings. The molecule has 2 atom stereocenters. The van der Waals surface area contributed by atoms with Crippen LogP contribution in [-0.2, 0) is 4.74 Å². The molecule has 0 radical (unpaired) electrons. The number of H-pyrrole nitrogens is 1. The average Bonchev–Trinajstić information content (AvgIpc) is 3.21. The molecule has 0 saturated carbocycles. The molecule has 0 bridgehead atoms. The van der Waals surface area contributed by atoms with Gasteiger partial charge in [-0.1, -0.05) is 0 Å². The van der Waals surface area contributed by atoms with Gasteiger partial charge in [0.25, 0.3) is 5.91 Å². The Bertz CT molecular complexity index is 1060. The summed E-state index contributed by atoms with van der Waals surface area (Å²) in [6, 6.07) is 1.19. The largest absolute Gasteiger partial charge is 0.444 e. The van der Waals surface area contributed by atoms with Gasteiger partial charge in [0, 0.05) is 30.7 Å². The van der Waals surface area contributed by atoms with Crippen molar-refractivity contribution in [3.63, 3.8) is 0 Å². The molecule has 3 heterocycles. The molecule has 4 rings (SSSR count). The molecule has 31 heavy (non-hydrogen) atoms. The van der Waals surface area contributed by atoms with Crippen molar-refractivity contribution in [3.05, 3.63) is 28.7 Å². The van der Waals surface area contributed by atoms with Crippen LogP contribution in [0.15, 0.2) is 6.07 Å². The van der Waals surface area contributed by atoms with Gasteiger partial charge >= 0.3 is 6.09 Å². The van der Waals surface area contributed by atoms with E-state index in [1.165, 1.54) is 6.07 Å². The van der Waals surface area contributed by atoms with Gasteiger partial charge in [-0.25, -0.2) is 9.18 Å². The van der Waals surface area contributed by atoms with E-state index in [9.17, 15) is 9.59 Å². The number of carbonyl (C=O) groups excluding carboxylic acids is 2. The van der Waals surface area contributed by atoms with Crippen LogP contribution in [0.5, 0.6) is 0 Å². The number of aryl methyl sites for hydroxylation is 2. The zero-order valence-corrected chi connectivity index (χ0v) is 18.8. The molecule has 7 nitrogen and oxygen atoms in total. The molecule has 1 aromatic heterocycles. The molecular formula is C23H31FN4O3. The monoisotopic (exact) mass is 430 g/mol. The van der Waals surface area contributed by atoms with E-state index in [0.717, 1.165) is 24.1 Å². The van der Waals surface area contributed by atoms with Crippen LogP contribution in [-0.4, -0.2) is 53.2 Å². The maximum absolute atomic E-state index is 15.4. The van der Waals surface area contributed by atoms with Gasteiger partial charge in [0.2, 0.25) is 0 Å². The van der Waals surface area contributed by atoms with Crippen molar-refractivity contribution in [2.24, 2.45) is 11.7 Å². The zero-order valence-electron chi connectivity index (χ0n) is 18.8. The molecule has 2 unspecified atom stereocenters. The molecule has 2 aliphatic heterocycles. The molecule has 2 saturated heterocycles. The second-order valence-electron chi connectivity index (χ2n) is 9.79. The number of fused-ring (bicyclic) bond motifs is 2. The molecule has 2 aliphatic rings. The van der Waals surface area contributed by atoms with Crippen LogP contribution in [0.3, 0.4) is 0 Å². The molecule has 168 valence electrons. The third kappa shape index (κ3) is 3.72. The third-order valence-corrected chi connectivity index (χ3v) is 6.49. The standard InChI is InChI=1S/C23H31FN4O3/c1-12-13(2)26-19-15(21(25)29)9-16(24)20(18(12)19)27-10-14-7-6-8-28(17(14)11-27)22(30)31-23(3,4)5/h9,14,17,26H,6-8,10-11H2,1-5H3,(H2,25,29). The number of nitrogens with zero attached hydrogens (tertiary/aromatic N) is 2. The SMILES string of the molecule is Cc1[nH]c2c(C(N)=O)cc(F)c(N3CC4CCCN(C(=O)OC(C)(C)C)C4C3)c2c1C. The van der Waals surface area contributed by atoms with Gasteiger partial charge in [-0.15, -0.1) is 0 Å². The van der Waals surface area contributed by atoms with Crippen molar-refractivity contribution in [1.29, 1.82) is 0 Å². The molecular weight excluding hydrogens is 399 g/mol. The molecule has 3 N–H and O–H groups in total. The van der Waals surface area contributed by atoms with E-state index in [2.05, 4.69) is 4.98 Å². The number of amides is 2. The summed E-state index contributed by atoms with van der Waals surface area (Å²) in [5.41, 5.74) is 7.91. The van der Waals surface area contributed by atoms with E-state index in [1.807, 2.05) is 44.4 Å². The quantitative estimate of drug-likeness (QED) is 0.757. The lowest BCUT2D eigenvalue weighted by Gasteiger charge is -2.37. The molecule has 2 amide bonds. The second-order valence-corrected chi connectivity index (χ2v) is 9.79. The third-order valence-electron chi connectivity index (χ3n) is 6.49. The number of nitrogens with one attached hydrogen (secondary N) is 1.